The van der Waals surface area contributed by atoms with Crippen LogP contribution in [-0.4, -0.2) is 23.6 Å². The molecule has 0 bridgehead atoms. The average molecular weight is 227 g/mol. The first-order valence-corrected chi connectivity index (χ1v) is 4.73. The Balaban J connectivity index is 4.36. The third-order valence-corrected chi connectivity index (χ3v) is 1.47. The number of rotatable bonds is 3. The number of ether oxygens (including phenoxy) is 1. The first-order valence-electron chi connectivity index (χ1n) is 4.73. The van der Waals surface area contributed by atoms with Gasteiger partial charge in [-0.15, -0.1) is 12.3 Å². The Hall–Kier alpha value is -1.74. The molecule has 4 N–H and O–H groups in total. The minimum absolute atomic E-state index is 0.0439. The fourth-order valence-electron chi connectivity index (χ4n) is 0.878. The molecule has 0 saturated carbocycles. The van der Waals surface area contributed by atoms with E-state index in [9.17, 15) is 9.59 Å². The number of hydrogen-bond donors (Lipinski definition) is 3. The quantitative estimate of drug-likeness (QED) is 0.271. The first-order chi connectivity index (χ1) is 7.30. The van der Waals surface area contributed by atoms with Crippen LogP contribution in [0.15, 0.2) is 0 Å². The van der Waals surface area contributed by atoms with Gasteiger partial charge in [-0.1, -0.05) is 0 Å². The van der Waals surface area contributed by atoms with E-state index in [1.807, 2.05) is 5.43 Å². The fraction of sp³-hybridized carbons (Fsp3) is 0.600. The SMILES string of the molecule is C#CC[C@H](NC(=O)OC(C)(C)C)C(=O)NN. The second-order valence-electron chi connectivity index (χ2n) is 4.12. The van der Waals surface area contributed by atoms with Crippen molar-refractivity contribution in [2.24, 2.45) is 5.84 Å². The molecule has 0 aromatic rings. The molecule has 0 saturated heterocycles. The molecule has 6 heteroatoms. The summed E-state index contributed by atoms with van der Waals surface area (Å²) in [6.07, 6.45) is 4.39. The van der Waals surface area contributed by atoms with Crippen molar-refractivity contribution in [3.8, 4) is 12.3 Å². The van der Waals surface area contributed by atoms with Crippen LogP contribution in [0.25, 0.3) is 0 Å². The number of hydrogen-bond acceptors (Lipinski definition) is 4. The van der Waals surface area contributed by atoms with Crippen molar-refractivity contribution in [2.45, 2.75) is 38.8 Å². The van der Waals surface area contributed by atoms with Crippen LogP contribution >= 0.6 is 0 Å². The molecule has 0 aliphatic rings. The number of alkyl carbamates (subject to hydrolysis) is 1. The van der Waals surface area contributed by atoms with Gasteiger partial charge in [-0.05, 0) is 20.8 Å². The highest BCUT2D eigenvalue weighted by molar-refractivity contribution is 5.85. The predicted octanol–water partition coefficient (Wildman–Crippen LogP) is -0.107. The summed E-state index contributed by atoms with van der Waals surface area (Å²) < 4.78 is 4.97. The monoisotopic (exact) mass is 227 g/mol. The summed E-state index contributed by atoms with van der Waals surface area (Å²) in [6.45, 7) is 5.14. The van der Waals surface area contributed by atoms with E-state index in [1.165, 1.54) is 0 Å². The Morgan fingerprint density at radius 1 is 1.50 bits per heavy atom. The molecule has 0 rings (SSSR count). The van der Waals surface area contributed by atoms with E-state index >= 15 is 0 Å². The lowest BCUT2D eigenvalue weighted by Gasteiger charge is -2.22. The van der Waals surface area contributed by atoms with E-state index in [0.29, 0.717) is 0 Å². The van der Waals surface area contributed by atoms with Crippen LogP contribution in [-0.2, 0) is 9.53 Å². The molecule has 6 nitrogen and oxygen atoms in total. The maximum Gasteiger partial charge on any atom is 0.408 e. The molecule has 1 atom stereocenters. The van der Waals surface area contributed by atoms with Gasteiger partial charge in [-0.25, -0.2) is 10.6 Å². The number of carbonyl (C=O) groups is 2. The molecule has 90 valence electrons. The van der Waals surface area contributed by atoms with Gasteiger partial charge in [0.25, 0.3) is 5.91 Å². The Labute approximate surface area is 94.9 Å². The number of carbonyl (C=O) groups excluding carboxylic acids is 2. The van der Waals surface area contributed by atoms with Crippen LogP contribution in [0.4, 0.5) is 4.79 Å². The molecule has 0 aliphatic heterocycles. The lowest BCUT2D eigenvalue weighted by atomic mass is 10.2. The first kappa shape index (κ1) is 14.3. The van der Waals surface area contributed by atoms with Crippen molar-refractivity contribution >= 4 is 12.0 Å². The molecule has 0 aromatic carbocycles. The van der Waals surface area contributed by atoms with E-state index in [1.54, 1.807) is 20.8 Å². The van der Waals surface area contributed by atoms with E-state index < -0.39 is 23.6 Å². The van der Waals surface area contributed by atoms with Crippen molar-refractivity contribution in [3.05, 3.63) is 0 Å². The van der Waals surface area contributed by atoms with Crippen LogP contribution < -0.4 is 16.6 Å². The van der Waals surface area contributed by atoms with E-state index in [0.717, 1.165) is 0 Å². The lowest BCUT2D eigenvalue weighted by Crippen LogP contribution is -2.49. The highest BCUT2D eigenvalue weighted by Crippen LogP contribution is 2.07. The van der Waals surface area contributed by atoms with Crippen LogP contribution in [0, 0.1) is 12.3 Å². The van der Waals surface area contributed by atoms with Gasteiger partial charge in [0.1, 0.15) is 11.6 Å². The molecule has 0 heterocycles. The van der Waals surface area contributed by atoms with Crippen molar-refractivity contribution < 1.29 is 14.3 Å². The molecular weight excluding hydrogens is 210 g/mol. The van der Waals surface area contributed by atoms with Crippen molar-refractivity contribution in [3.63, 3.8) is 0 Å². The lowest BCUT2D eigenvalue weighted by molar-refractivity contribution is -0.123. The van der Waals surface area contributed by atoms with Gasteiger partial charge < -0.3 is 10.1 Å². The van der Waals surface area contributed by atoms with Crippen LogP contribution in [0.2, 0.25) is 0 Å². The van der Waals surface area contributed by atoms with Gasteiger partial charge in [-0.3, -0.25) is 10.2 Å². The van der Waals surface area contributed by atoms with Gasteiger partial charge in [0, 0.05) is 6.42 Å². The van der Waals surface area contributed by atoms with Gasteiger partial charge >= 0.3 is 6.09 Å². The fourth-order valence-corrected chi connectivity index (χ4v) is 0.878. The second-order valence-corrected chi connectivity index (χ2v) is 4.12. The highest BCUT2D eigenvalue weighted by Gasteiger charge is 2.22. The summed E-state index contributed by atoms with van der Waals surface area (Å²) in [4.78, 5) is 22.5. The number of amides is 2. The second kappa shape index (κ2) is 5.98. The van der Waals surface area contributed by atoms with E-state index in [4.69, 9.17) is 17.0 Å². The average Bonchev–Trinajstić information content (AvgIpc) is 2.13. The minimum Gasteiger partial charge on any atom is -0.444 e. The number of nitrogens with one attached hydrogen (secondary N) is 2. The summed E-state index contributed by atoms with van der Waals surface area (Å²) in [5.41, 5.74) is 1.28. The highest BCUT2D eigenvalue weighted by atomic mass is 16.6. The van der Waals surface area contributed by atoms with Crippen LogP contribution in [0.1, 0.15) is 27.2 Å². The third kappa shape index (κ3) is 5.88. The summed E-state index contributed by atoms with van der Waals surface area (Å²) in [5, 5.41) is 2.33. The molecule has 0 fully saturated rings. The van der Waals surface area contributed by atoms with Gasteiger partial charge in [-0.2, -0.15) is 0 Å². The van der Waals surface area contributed by atoms with Crippen molar-refractivity contribution in [1.29, 1.82) is 0 Å². The molecule has 0 aromatic heterocycles. The van der Waals surface area contributed by atoms with E-state index in [2.05, 4.69) is 11.2 Å². The van der Waals surface area contributed by atoms with Crippen molar-refractivity contribution in [2.75, 3.05) is 0 Å². The van der Waals surface area contributed by atoms with Gasteiger partial charge in [0.05, 0.1) is 0 Å². The minimum atomic E-state index is -0.884. The third-order valence-electron chi connectivity index (χ3n) is 1.47. The van der Waals surface area contributed by atoms with Gasteiger partial charge in [0.2, 0.25) is 0 Å². The Morgan fingerprint density at radius 3 is 2.44 bits per heavy atom. The standard InChI is InChI=1S/C10H17N3O3/c1-5-6-7(8(14)13-11)12-9(15)16-10(2,3)4/h1,7H,6,11H2,2-4H3,(H,12,15)(H,13,14)/t7-/m0/s1. The zero-order valence-electron chi connectivity index (χ0n) is 9.66. The number of terminal acetylenes is 1. The van der Waals surface area contributed by atoms with Gasteiger partial charge in [0.15, 0.2) is 0 Å². The van der Waals surface area contributed by atoms with Crippen LogP contribution in [0.3, 0.4) is 0 Å². The van der Waals surface area contributed by atoms with E-state index in [-0.39, 0.29) is 6.42 Å². The zero-order chi connectivity index (χ0) is 12.8. The predicted molar refractivity (Wildman–Crippen MR) is 58.9 cm³/mol. The van der Waals surface area contributed by atoms with Crippen molar-refractivity contribution in [1.82, 2.24) is 10.7 Å². The number of nitrogens with two attached hydrogens (primary N) is 1. The maximum absolute atomic E-state index is 11.3. The molecular formula is C10H17N3O3. The topological polar surface area (TPSA) is 93.4 Å². The summed E-state index contributed by atoms with van der Waals surface area (Å²) in [6, 6.07) is -0.884. The smallest absolute Gasteiger partial charge is 0.408 e. The Kier molecular flexibility index (Phi) is 5.33. The Morgan fingerprint density at radius 2 is 2.06 bits per heavy atom. The largest absolute Gasteiger partial charge is 0.444 e. The number of hydrazine groups is 1. The molecule has 0 radical (unpaired) electrons. The molecule has 0 aliphatic carbocycles. The zero-order valence-corrected chi connectivity index (χ0v) is 9.66. The normalized spacial score (nSPS) is 12.2. The summed E-state index contributed by atoms with van der Waals surface area (Å²) >= 11 is 0. The summed E-state index contributed by atoms with van der Waals surface area (Å²) in [7, 11) is 0. The summed E-state index contributed by atoms with van der Waals surface area (Å²) in [5.74, 6) is 6.64. The molecule has 2 amide bonds. The van der Waals surface area contributed by atoms with Crippen LogP contribution in [0.5, 0.6) is 0 Å². The molecule has 16 heavy (non-hydrogen) atoms. The maximum atomic E-state index is 11.3. The Bertz CT molecular complexity index is 301. The molecule has 0 spiro atoms. The molecule has 0 unspecified atom stereocenters.